The van der Waals surface area contributed by atoms with E-state index in [-0.39, 0.29) is 12.3 Å². The highest BCUT2D eigenvalue weighted by Crippen LogP contribution is 2.33. The standard InChI is InChI=1S/C16H12N2O3S2/c1-10(19)8-18-15(20)13(23-16(18)21)7-12-9-22-14(17-12)11-5-3-2-4-6-11/h2-7,9H,8H2,1H3/b13-7-. The van der Waals surface area contributed by atoms with Gasteiger partial charge in [-0.1, -0.05) is 30.3 Å². The quantitative estimate of drug-likeness (QED) is 0.795. The Kier molecular flexibility index (Phi) is 4.40. The van der Waals surface area contributed by atoms with Crippen molar-refractivity contribution in [2.24, 2.45) is 0 Å². The van der Waals surface area contributed by atoms with Gasteiger partial charge in [0.15, 0.2) is 0 Å². The summed E-state index contributed by atoms with van der Waals surface area (Å²) >= 11 is 2.31. The minimum Gasteiger partial charge on any atom is -0.298 e. The lowest BCUT2D eigenvalue weighted by Gasteiger charge is -2.08. The van der Waals surface area contributed by atoms with Gasteiger partial charge in [0, 0.05) is 10.9 Å². The Morgan fingerprint density at radius 3 is 2.70 bits per heavy atom. The maximum Gasteiger partial charge on any atom is 0.293 e. The van der Waals surface area contributed by atoms with Crippen molar-refractivity contribution in [2.75, 3.05) is 6.54 Å². The summed E-state index contributed by atoms with van der Waals surface area (Å²) in [6, 6.07) is 9.72. The molecule has 7 heteroatoms. The van der Waals surface area contributed by atoms with E-state index in [9.17, 15) is 14.4 Å². The molecule has 1 aromatic heterocycles. The molecule has 3 rings (SSSR count). The Bertz CT molecular complexity index is 812. The molecule has 0 unspecified atom stereocenters. The van der Waals surface area contributed by atoms with Crippen molar-refractivity contribution in [2.45, 2.75) is 6.92 Å². The van der Waals surface area contributed by atoms with Crippen LogP contribution in [0.15, 0.2) is 40.6 Å². The Hall–Kier alpha value is -2.25. The fourth-order valence-corrected chi connectivity index (χ4v) is 3.67. The lowest BCUT2D eigenvalue weighted by molar-refractivity contribution is -0.127. The molecule has 1 saturated heterocycles. The number of thioether (sulfide) groups is 1. The lowest BCUT2D eigenvalue weighted by atomic mass is 10.2. The van der Waals surface area contributed by atoms with Gasteiger partial charge in [-0.3, -0.25) is 19.3 Å². The Morgan fingerprint density at radius 1 is 1.26 bits per heavy atom. The summed E-state index contributed by atoms with van der Waals surface area (Å²) in [5, 5.41) is 2.26. The van der Waals surface area contributed by atoms with Gasteiger partial charge in [0.25, 0.3) is 11.1 Å². The van der Waals surface area contributed by atoms with Crippen molar-refractivity contribution < 1.29 is 14.4 Å². The zero-order valence-electron chi connectivity index (χ0n) is 12.2. The van der Waals surface area contributed by atoms with Gasteiger partial charge in [-0.2, -0.15) is 0 Å². The van der Waals surface area contributed by atoms with Crippen molar-refractivity contribution in [3.05, 3.63) is 46.3 Å². The molecule has 2 aromatic rings. The number of carbonyl (C=O) groups excluding carboxylic acids is 3. The monoisotopic (exact) mass is 344 g/mol. The van der Waals surface area contributed by atoms with Crippen LogP contribution in [0.4, 0.5) is 4.79 Å². The number of rotatable bonds is 4. The Balaban J connectivity index is 1.83. The van der Waals surface area contributed by atoms with Crippen LogP contribution in [0.3, 0.4) is 0 Å². The number of hydrogen-bond donors (Lipinski definition) is 0. The second-order valence-corrected chi connectivity index (χ2v) is 6.76. The van der Waals surface area contributed by atoms with E-state index >= 15 is 0 Å². The van der Waals surface area contributed by atoms with E-state index < -0.39 is 11.1 Å². The summed E-state index contributed by atoms with van der Waals surface area (Å²) in [6.07, 6.45) is 1.59. The Morgan fingerprint density at radius 2 is 2.00 bits per heavy atom. The number of benzene rings is 1. The molecule has 0 saturated carbocycles. The summed E-state index contributed by atoms with van der Waals surface area (Å²) in [5.41, 5.74) is 1.63. The average molecular weight is 344 g/mol. The fourth-order valence-electron chi connectivity index (χ4n) is 2.06. The van der Waals surface area contributed by atoms with Crippen molar-refractivity contribution >= 4 is 46.1 Å². The molecule has 0 atom stereocenters. The molecule has 0 radical (unpaired) electrons. The van der Waals surface area contributed by atoms with E-state index in [0.717, 1.165) is 27.2 Å². The summed E-state index contributed by atoms with van der Waals surface area (Å²) in [7, 11) is 0. The molecule has 0 bridgehead atoms. The van der Waals surface area contributed by atoms with Crippen LogP contribution in [0, 0.1) is 0 Å². The molecule has 116 valence electrons. The van der Waals surface area contributed by atoms with Crippen LogP contribution in [0.1, 0.15) is 12.6 Å². The summed E-state index contributed by atoms with van der Waals surface area (Å²) in [6.45, 7) is 1.16. The number of thiazole rings is 1. The van der Waals surface area contributed by atoms with Crippen LogP contribution in [0.25, 0.3) is 16.6 Å². The molecule has 0 aliphatic carbocycles. The summed E-state index contributed by atoms with van der Waals surface area (Å²) in [4.78, 5) is 40.8. The van der Waals surface area contributed by atoms with Gasteiger partial charge in [-0.15, -0.1) is 11.3 Å². The van der Waals surface area contributed by atoms with Gasteiger partial charge < -0.3 is 0 Å². The minimum absolute atomic E-state index is 0.186. The van der Waals surface area contributed by atoms with Gasteiger partial charge in [0.1, 0.15) is 10.8 Å². The molecule has 5 nitrogen and oxygen atoms in total. The predicted octanol–water partition coefficient (Wildman–Crippen LogP) is 3.44. The number of ketones is 1. The first-order valence-electron chi connectivity index (χ1n) is 6.80. The average Bonchev–Trinajstić information content (AvgIpc) is 3.09. The SMILES string of the molecule is CC(=O)CN1C(=O)S/C(=C\c2csc(-c3ccccc3)n2)C1=O. The number of hydrogen-bond acceptors (Lipinski definition) is 6. The van der Waals surface area contributed by atoms with Crippen LogP contribution >= 0.6 is 23.1 Å². The second-order valence-electron chi connectivity index (χ2n) is 4.91. The van der Waals surface area contributed by atoms with Crippen LogP contribution in [0.5, 0.6) is 0 Å². The number of nitrogens with zero attached hydrogens (tertiary/aromatic N) is 2. The normalized spacial score (nSPS) is 16.4. The van der Waals surface area contributed by atoms with Crippen molar-refractivity contribution in [3.63, 3.8) is 0 Å². The van der Waals surface area contributed by atoms with Crippen molar-refractivity contribution in [1.29, 1.82) is 0 Å². The zero-order valence-corrected chi connectivity index (χ0v) is 13.8. The molecule has 0 spiro atoms. The number of carbonyl (C=O) groups is 3. The van der Waals surface area contributed by atoms with E-state index in [2.05, 4.69) is 4.98 Å². The second kappa shape index (κ2) is 6.47. The Labute approximate surface area is 141 Å². The molecule has 2 amide bonds. The largest absolute Gasteiger partial charge is 0.298 e. The first kappa shape index (κ1) is 15.6. The van der Waals surface area contributed by atoms with Crippen LogP contribution in [0.2, 0.25) is 0 Å². The molecule has 1 aliphatic rings. The third kappa shape index (κ3) is 3.40. The first-order chi connectivity index (χ1) is 11.0. The molecule has 1 aromatic carbocycles. The van der Waals surface area contributed by atoms with Gasteiger partial charge in [-0.25, -0.2) is 4.98 Å². The predicted molar refractivity (Wildman–Crippen MR) is 90.9 cm³/mol. The van der Waals surface area contributed by atoms with Crippen LogP contribution in [-0.4, -0.2) is 33.4 Å². The van der Waals surface area contributed by atoms with Crippen LogP contribution in [-0.2, 0) is 9.59 Å². The number of imide groups is 1. The molecule has 0 N–H and O–H groups in total. The third-order valence-electron chi connectivity index (χ3n) is 3.08. The van der Waals surface area contributed by atoms with Gasteiger partial charge in [-0.05, 0) is 24.8 Å². The van der Waals surface area contributed by atoms with Crippen molar-refractivity contribution in [1.82, 2.24) is 9.88 Å². The summed E-state index contributed by atoms with van der Waals surface area (Å²) < 4.78 is 0. The van der Waals surface area contributed by atoms with Gasteiger partial charge >= 0.3 is 0 Å². The fraction of sp³-hybridized carbons (Fsp3) is 0.125. The smallest absolute Gasteiger partial charge is 0.293 e. The topological polar surface area (TPSA) is 67.3 Å². The molecule has 23 heavy (non-hydrogen) atoms. The number of Topliss-reactive ketones (excluding diaryl/α,β-unsaturated/α-hetero) is 1. The van der Waals surface area contributed by atoms with E-state index in [1.807, 2.05) is 35.7 Å². The van der Waals surface area contributed by atoms with E-state index in [4.69, 9.17) is 0 Å². The highest BCUT2D eigenvalue weighted by atomic mass is 32.2. The zero-order chi connectivity index (χ0) is 16.4. The molecule has 1 fully saturated rings. The first-order valence-corrected chi connectivity index (χ1v) is 8.50. The maximum atomic E-state index is 12.2. The summed E-state index contributed by atoms with van der Waals surface area (Å²) in [5.74, 6) is -0.668. The maximum absolute atomic E-state index is 12.2. The minimum atomic E-state index is -0.440. The number of amides is 2. The van der Waals surface area contributed by atoms with E-state index in [0.29, 0.717) is 10.6 Å². The highest BCUT2D eigenvalue weighted by Gasteiger charge is 2.35. The molecular weight excluding hydrogens is 332 g/mol. The van der Waals surface area contributed by atoms with Crippen LogP contribution < -0.4 is 0 Å². The van der Waals surface area contributed by atoms with Gasteiger partial charge in [0.05, 0.1) is 17.1 Å². The van der Waals surface area contributed by atoms with E-state index in [1.54, 1.807) is 6.08 Å². The molecule has 1 aliphatic heterocycles. The lowest BCUT2D eigenvalue weighted by Crippen LogP contribution is -2.32. The molecule has 2 heterocycles. The van der Waals surface area contributed by atoms with Gasteiger partial charge in [0.2, 0.25) is 0 Å². The third-order valence-corrected chi connectivity index (χ3v) is 4.89. The highest BCUT2D eigenvalue weighted by molar-refractivity contribution is 8.18. The van der Waals surface area contributed by atoms with Crippen molar-refractivity contribution in [3.8, 4) is 10.6 Å². The molecular formula is C16H12N2O3S2. The number of aromatic nitrogens is 1. The van der Waals surface area contributed by atoms with E-state index in [1.165, 1.54) is 18.3 Å².